The van der Waals surface area contributed by atoms with Crippen molar-refractivity contribution in [3.8, 4) is 0 Å². The van der Waals surface area contributed by atoms with Crippen LogP contribution in [0, 0.1) is 13.8 Å². The van der Waals surface area contributed by atoms with Gasteiger partial charge in [0.15, 0.2) is 0 Å². The summed E-state index contributed by atoms with van der Waals surface area (Å²) in [5.74, 6) is 1.20. The Kier molecular flexibility index (Phi) is 5.27. The van der Waals surface area contributed by atoms with Crippen molar-refractivity contribution in [2.45, 2.75) is 65.5 Å². The van der Waals surface area contributed by atoms with Crippen LogP contribution < -0.4 is 5.32 Å². The first kappa shape index (κ1) is 16.6. The number of furan rings is 1. The second-order valence-corrected chi connectivity index (χ2v) is 6.15. The molecule has 0 unspecified atom stereocenters. The summed E-state index contributed by atoms with van der Waals surface area (Å²) in [6.07, 6.45) is 3.52. The Morgan fingerprint density at radius 1 is 1.41 bits per heavy atom. The van der Waals surface area contributed by atoms with Crippen LogP contribution in [0.5, 0.6) is 0 Å². The van der Waals surface area contributed by atoms with E-state index in [-0.39, 0.29) is 23.9 Å². The highest BCUT2D eigenvalue weighted by atomic mass is 16.3. The van der Waals surface area contributed by atoms with Crippen LogP contribution in [0.4, 0.5) is 0 Å². The molecule has 5 nitrogen and oxygen atoms in total. The van der Waals surface area contributed by atoms with E-state index in [0.717, 1.165) is 31.4 Å². The van der Waals surface area contributed by atoms with E-state index < -0.39 is 0 Å². The van der Waals surface area contributed by atoms with Crippen LogP contribution in [-0.2, 0) is 4.79 Å². The summed E-state index contributed by atoms with van der Waals surface area (Å²) in [6.45, 7) is 8.26. The fourth-order valence-corrected chi connectivity index (χ4v) is 2.89. The van der Waals surface area contributed by atoms with E-state index in [4.69, 9.17) is 4.42 Å². The van der Waals surface area contributed by atoms with Gasteiger partial charge in [-0.3, -0.25) is 9.59 Å². The van der Waals surface area contributed by atoms with Gasteiger partial charge in [0.25, 0.3) is 5.91 Å². The summed E-state index contributed by atoms with van der Waals surface area (Å²) < 4.78 is 5.46. The second-order valence-electron chi connectivity index (χ2n) is 6.15. The number of piperidine rings is 1. The number of carbonyl (C=O) groups excluding carboxylic acids is 2. The zero-order chi connectivity index (χ0) is 16.3. The third-order valence-electron chi connectivity index (χ3n) is 4.34. The Morgan fingerprint density at radius 2 is 2.14 bits per heavy atom. The quantitative estimate of drug-likeness (QED) is 0.930. The van der Waals surface area contributed by atoms with Crippen molar-refractivity contribution < 1.29 is 14.0 Å². The van der Waals surface area contributed by atoms with E-state index >= 15 is 0 Å². The minimum Gasteiger partial charge on any atom is -0.466 e. The molecule has 1 aliphatic rings. The number of nitrogens with one attached hydrogen (secondary N) is 1. The number of aryl methyl sites for hydroxylation is 2. The second kappa shape index (κ2) is 6.99. The van der Waals surface area contributed by atoms with Crippen LogP contribution in [0.2, 0.25) is 0 Å². The van der Waals surface area contributed by atoms with Gasteiger partial charge in [-0.1, -0.05) is 6.92 Å². The van der Waals surface area contributed by atoms with Gasteiger partial charge in [0.1, 0.15) is 17.6 Å². The lowest BCUT2D eigenvalue weighted by molar-refractivity contribution is -0.127. The van der Waals surface area contributed by atoms with Gasteiger partial charge in [-0.15, -0.1) is 0 Å². The number of nitrogens with zero attached hydrogens (tertiary/aromatic N) is 1. The molecule has 2 amide bonds. The molecule has 0 radical (unpaired) electrons. The molecular weight excluding hydrogens is 280 g/mol. The van der Waals surface area contributed by atoms with Gasteiger partial charge in [-0.05, 0) is 52.5 Å². The normalized spacial score (nSPS) is 19.8. The van der Waals surface area contributed by atoms with Crippen LogP contribution in [0.3, 0.4) is 0 Å². The maximum atomic E-state index is 12.8. The van der Waals surface area contributed by atoms with E-state index in [9.17, 15) is 9.59 Å². The van der Waals surface area contributed by atoms with E-state index in [1.54, 1.807) is 17.9 Å². The zero-order valence-corrected chi connectivity index (χ0v) is 13.9. The molecule has 1 aliphatic heterocycles. The van der Waals surface area contributed by atoms with Crippen molar-refractivity contribution >= 4 is 11.8 Å². The van der Waals surface area contributed by atoms with Crippen molar-refractivity contribution in [3.05, 3.63) is 23.2 Å². The van der Waals surface area contributed by atoms with Gasteiger partial charge in [-0.2, -0.15) is 0 Å². The van der Waals surface area contributed by atoms with Crippen molar-refractivity contribution in [2.24, 2.45) is 0 Å². The Morgan fingerprint density at radius 3 is 2.73 bits per heavy atom. The van der Waals surface area contributed by atoms with E-state index in [0.29, 0.717) is 17.9 Å². The Hall–Kier alpha value is -1.78. The average molecular weight is 306 g/mol. The topological polar surface area (TPSA) is 62.6 Å². The minimum absolute atomic E-state index is 0.0414. The van der Waals surface area contributed by atoms with Crippen LogP contribution >= 0.6 is 0 Å². The molecule has 1 fully saturated rings. The van der Waals surface area contributed by atoms with Crippen molar-refractivity contribution in [1.82, 2.24) is 10.2 Å². The van der Waals surface area contributed by atoms with Crippen LogP contribution in [-0.4, -0.2) is 35.3 Å². The fraction of sp³-hybridized carbons (Fsp3) is 0.647. The standard InChI is InChI=1S/C17H26N2O3/c1-5-11(2)18-16(20)15-8-6-7-9-19(15)17(21)14-10-12(3)22-13(14)4/h10-11,15H,5-9H2,1-4H3,(H,18,20)/t11-,15+/m1/s1. The van der Waals surface area contributed by atoms with Crippen LogP contribution in [0.25, 0.3) is 0 Å². The third-order valence-corrected chi connectivity index (χ3v) is 4.34. The van der Waals surface area contributed by atoms with Crippen LogP contribution in [0.15, 0.2) is 10.5 Å². The fourth-order valence-electron chi connectivity index (χ4n) is 2.89. The lowest BCUT2D eigenvalue weighted by Gasteiger charge is -2.35. The van der Waals surface area contributed by atoms with Gasteiger partial charge < -0.3 is 14.6 Å². The molecule has 0 bridgehead atoms. The van der Waals surface area contributed by atoms with Gasteiger partial charge in [-0.25, -0.2) is 0 Å². The number of likely N-dealkylation sites (tertiary alicyclic amines) is 1. The molecule has 1 aromatic rings. The molecule has 122 valence electrons. The smallest absolute Gasteiger partial charge is 0.258 e. The molecule has 5 heteroatoms. The summed E-state index contributed by atoms with van der Waals surface area (Å²) in [5, 5.41) is 3.00. The molecule has 22 heavy (non-hydrogen) atoms. The Bertz CT molecular complexity index is 550. The molecule has 1 N–H and O–H groups in total. The molecule has 2 heterocycles. The first-order chi connectivity index (χ1) is 10.4. The molecule has 1 saturated heterocycles. The van der Waals surface area contributed by atoms with Crippen molar-refractivity contribution in [2.75, 3.05) is 6.54 Å². The molecule has 0 aromatic carbocycles. The highest BCUT2D eigenvalue weighted by Gasteiger charge is 2.34. The zero-order valence-electron chi connectivity index (χ0n) is 13.9. The van der Waals surface area contributed by atoms with E-state index in [1.165, 1.54) is 0 Å². The highest BCUT2D eigenvalue weighted by Crippen LogP contribution is 2.23. The SMILES string of the molecule is CC[C@@H](C)NC(=O)[C@@H]1CCCCN1C(=O)c1cc(C)oc1C. The third kappa shape index (κ3) is 3.51. The monoisotopic (exact) mass is 306 g/mol. The van der Waals surface area contributed by atoms with Gasteiger partial charge >= 0.3 is 0 Å². The number of hydrogen-bond acceptors (Lipinski definition) is 3. The predicted molar refractivity (Wildman–Crippen MR) is 84.8 cm³/mol. The summed E-state index contributed by atoms with van der Waals surface area (Å²) in [6, 6.07) is 1.52. The van der Waals surface area contributed by atoms with Gasteiger partial charge in [0, 0.05) is 12.6 Å². The highest BCUT2D eigenvalue weighted by molar-refractivity contribution is 5.98. The summed E-state index contributed by atoms with van der Waals surface area (Å²) in [7, 11) is 0. The predicted octanol–water partition coefficient (Wildman–Crippen LogP) is 2.81. The largest absolute Gasteiger partial charge is 0.466 e. The molecular formula is C17H26N2O3. The molecule has 0 aliphatic carbocycles. The maximum absolute atomic E-state index is 12.8. The lowest BCUT2D eigenvalue weighted by Crippen LogP contribution is -2.53. The minimum atomic E-state index is -0.371. The first-order valence-corrected chi connectivity index (χ1v) is 8.12. The molecule has 1 aromatic heterocycles. The number of hydrogen-bond donors (Lipinski definition) is 1. The molecule has 2 rings (SSSR count). The Labute approximate surface area is 132 Å². The van der Waals surface area contributed by atoms with Crippen molar-refractivity contribution in [1.29, 1.82) is 0 Å². The summed E-state index contributed by atoms with van der Waals surface area (Å²) >= 11 is 0. The molecule has 0 saturated carbocycles. The lowest BCUT2D eigenvalue weighted by atomic mass is 9.99. The Balaban J connectivity index is 2.17. The van der Waals surface area contributed by atoms with Crippen LogP contribution in [0.1, 0.15) is 61.4 Å². The van der Waals surface area contributed by atoms with Gasteiger partial charge in [0.2, 0.25) is 5.91 Å². The molecule has 2 atom stereocenters. The number of rotatable bonds is 4. The van der Waals surface area contributed by atoms with E-state index in [1.807, 2.05) is 20.8 Å². The van der Waals surface area contributed by atoms with Gasteiger partial charge in [0.05, 0.1) is 5.56 Å². The van der Waals surface area contributed by atoms with E-state index in [2.05, 4.69) is 5.32 Å². The summed E-state index contributed by atoms with van der Waals surface area (Å²) in [4.78, 5) is 27.0. The number of amides is 2. The number of carbonyl (C=O) groups is 2. The maximum Gasteiger partial charge on any atom is 0.258 e. The summed E-state index contributed by atoms with van der Waals surface area (Å²) in [5.41, 5.74) is 0.570. The average Bonchev–Trinajstić information content (AvgIpc) is 2.84. The van der Waals surface area contributed by atoms with Crippen molar-refractivity contribution in [3.63, 3.8) is 0 Å². The molecule has 0 spiro atoms. The first-order valence-electron chi connectivity index (χ1n) is 8.12.